The van der Waals surface area contributed by atoms with E-state index in [-0.39, 0.29) is 17.6 Å². The van der Waals surface area contributed by atoms with Crippen molar-refractivity contribution in [3.05, 3.63) is 29.7 Å². The van der Waals surface area contributed by atoms with Crippen molar-refractivity contribution in [3.8, 4) is 0 Å². The highest BCUT2D eigenvalue weighted by atomic mass is 16.4. The van der Waals surface area contributed by atoms with E-state index >= 15 is 0 Å². The third-order valence-electron chi connectivity index (χ3n) is 1.43. The fraction of sp³-hybridized carbons (Fsp3) is 0.125. The molecule has 4 nitrogen and oxygen atoms in total. The first-order chi connectivity index (χ1) is 5.61. The minimum Gasteiger partial charge on any atom is -0.478 e. The van der Waals surface area contributed by atoms with Crippen LogP contribution in [-0.2, 0) is 9.59 Å². The van der Waals surface area contributed by atoms with Gasteiger partial charge in [0.15, 0.2) is 0 Å². The SMILES string of the molecule is O=C(O)C1=CC=C(C(=O)O)C[C]1. The summed E-state index contributed by atoms with van der Waals surface area (Å²) >= 11 is 0. The lowest BCUT2D eigenvalue weighted by atomic mass is 9.99. The van der Waals surface area contributed by atoms with Crippen molar-refractivity contribution in [1.29, 1.82) is 0 Å². The molecule has 0 atom stereocenters. The quantitative estimate of drug-likeness (QED) is 0.626. The summed E-state index contributed by atoms with van der Waals surface area (Å²) < 4.78 is 0. The van der Waals surface area contributed by atoms with Crippen LogP contribution in [0.15, 0.2) is 23.3 Å². The fourth-order valence-corrected chi connectivity index (χ4v) is 0.786. The van der Waals surface area contributed by atoms with Gasteiger partial charge in [-0.1, -0.05) is 12.2 Å². The monoisotopic (exact) mass is 166 g/mol. The summed E-state index contributed by atoms with van der Waals surface area (Å²) in [6.45, 7) is 0. The summed E-state index contributed by atoms with van der Waals surface area (Å²) in [5.74, 6) is -2.13. The number of rotatable bonds is 2. The van der Waals surface area contributed by atoms with Gasteiger partial charge in [0.2, 0.25) is 0 Å². The maximum absolute atomic E-state index is 10.3. The Morgan fingerprint density at radius 2 is 1.92 bits per heavy atom. The van der Waals surface area contributed by atoms with Gasteiger partial charge in [-0.25, -0.2) is 9.59 Å². The van der Waals surface area contributed by atoms with Gasteiger partial charge < -0.3 is 10.2 Å². The van der Waals surface area contributed by atoms with E-state index in [0.717, 1.165) is 0 Å². The average molecular weight is 166 g/mol. The van der Waals surface area contributed by atoms with Crippen molar-refractivity contribution in [1.82, 2.24) is 0 Å². The first kappa shape index (κ1) is 8.52. The van der Waals surface area contributed by atoms with E-state index in [4.69, 9.17) is 10.2 Å². The maximum Gasteiger partial charge on any atom is 0.332 e. The smallest absolute Gasteiger partial charge is 0.332 e. The molecule has 2 radical (unpaired) electrons. The van der Waals surface area contributed by atoms with Crippen molar-refractivity contribution in [2.45, 2.75) is 6.42 Å². The summed E-state index contributed by atoms with van der Waals surface area (Å²) in [6.07, 6.45) is 5.02. The number of carboxylic acids is 2. The van der Waals surface area contributed by atoms with Crippen LogP contribution in [0, 0.1) is 6.42 Å². The molecule has 0 amide bonds. The van der Waals surface area contributed by atoms with Gasteiger partial charge >= 0.3 is 11.9 Å². The van der Waals surface area contributed by atoms with Gasteiger partial charge in [0.1, 0.15) is 0 Å². The standard InChI is InChI=1S/C8H6O4/c9-7(10)5-1-2-6(4-3-5)8(11)12/h1-2H,3H2,(H,9,10)(H,11,12). The number of hydrogen-bond acceptors (Lipinski definition) is 2. The predicted molar refractivity (Wildman–Crippen MR) is 39.3 cm³/mol. The van der Waals surface area contributed by atoms with E-state index < -0.39 is 11.9 Å². The van der Waals surface area contributed by atoms with Crippen molar-refractivity contribution in [2.24, 2.45) is 0 Å². The summed E-state index contributed by atoms with van der Waals surface area (Å²) in [5, 5.41) is 16.9. The first-order valence-corrected chi connectivity index (χ1v) is 3.22. The van der Waals surface area contributed by atoms with Crippen LogP contribution >= 0.6 is 0 Å². The fourth-order valence-electron chi connectivity index (χ4n) is 0.786. The van der Waals surface area contributed by atoms with Crippen LogP contribution in [0.2, 0.25) is 0 Å². The molecule has 1 aliphatic carbocycles. The van der Waals surface area contributed by atoms with Crippen molar-refractivity contribution < 1.29 is 19.8 Å². The molecule has 0 aromatic heterocycles. The second kappa shape index (κ2) is 3.21. The zero-order valence-corrected chi connectivity index (χ0v) is 6.07. The molecular formula is C8H6O4. The molecule has 4 heteroatoms. The first-order valence-electron chi connectivity index (χ1n) is 3.22. The molecule has 0 heterocycles. The summed E-state index contributed by atoms with van der Waals surface area (Å²) in [6, 6.07) is 0. The highest BCUT2D eigenvalue weighted by Crippen LogP contribution is 2.17. The second-order valence-corrected chi connectivity index (χ2v) is 2.24. The lowest BCUT2D eigenvalue weighted by Crippen LogP contribution is -2.09. The molecule has 62 valence electrons. The van der Waals surface area contributed by atoms with Crippen LogP contribution in [0.25, 0.3) is 0 Å². The van der Waals surface area contributed by atoms with E-state index in [0.29, 0.717) is 0 Å². The van der Waals surface area contributed by atoms with Crippen molar-refractivity contribution >= 4 is 11.9 Å². The topological polar surface area (TPSA) is 74.6 Å². The average Bonchev–Trinajstić information content (AvgIpc) is 2.04. The van der Waals surface area contributed by atoms with Crippen LogP contribution in [0.5, 0.6) is 0 Å². The Labute approximate surface area is 68.8 Å². The zero-order valence-electron chi connectivity index (χ0n) is 6.07. The molecule has 1 rings (SSSR count). The van der Waals surface area contributed by atoms with E-state index in [1.54, 1.807) is 0 Å². The van der Waals surface area contributed by atoms with Gasteiger partial charge in [-0.2, -0.15) is 0 Å². The van der Waals surface area contributed by atoms with Gasteiger partial charge in [0.05, 0.1) is 0 Å². The molecule has 12 heavy (non-hydrogen) atoms. The zero-order chi connectivity index (χ0) is 9.14. The Balaban J connectivity index is 2.80. The third-order valence-corrected chi connectivity index (χ3v) is 1.43. The van der Waals surface area contributed by atoms with Crippen LogP contribution < -0.4 is 0 Å². The Kier molecular flexibility index (Phi) is 2.28. The number of carboxylic acid groups (broad SMARTS) is 2. The minimum atomic E-state index is -1.09. The molecule has 0 fully saturated rings. The molecule has 0 aromatic carbocycles. The Hall–Kier alpha value is -1.58. The molecule has 0 aromatic rings. The lowest BCUT2D eigenvalue weighted by molar-refractivity contribution is -0.134. The van der Waals surface area contributed by atoms with E-state index in [2.05, 4.69) is 6.42 Å². The van der Waals surface area contributed by atoms with Gasteiger partial charge in [-0.05, 0) is 6.42 Å². The normalized spacial score (nSPS) is 16.3. The number of hydrogen-bond donors (Lipinski definition) is 2. The largest absolute Gasteiger partial charge is 0.478 e. The Bertz CT molecular complexity index is 255. The molecule has 0 saturated carbocycles. The van der Waals surface area contributed by atoms with Crippen LogP contribution in [0.1, 0.15) is 6.42 Å². The van der Waals surface area contributed by atoms with Crippen molar-refractivity contribution in [2.75, 3.05) is 0 Å². The molecule has 1 aliphatic rings. The van der Waals surface area contributed by atoms with Gasteiger partial charge in [-0.3, -0.25) is 0 Å². The molecule has 0 bridgehead atoms. The van der Waals surface area contributed by atoms with E-state index in [9.17, 15) is 9.59 Å². The van der Waals surface area contributed by atoms with Gasteiger partial charge in [-0.15, -0.1) is 0 Å². The van der Waals surface area contributed by atoms with E-state index in [1.165, 1.54) is 12.2 Å². The molecule has 0 unspecified atom stereocenters. The van der Waals surface area contributed by atoms with Gasteiger partial charge in [0, 0.05) is 17.6 Å². The Morgan fingerprint density at radius 3 is 2.25 bits per heavy atom. The summed E-state index contributed by atoms with van der Waals surface area (Å²) in [7, 11) is 0. The Morgan fingerprint density at radius 1 is 1.25 bits per heavy atom. The summed E-state index contributed by atoms with van der Waals surface area (Å²) in [5.41, 5.74) is 0.167. The van der Waals surface area contributed by atoms with Crippen LogP contribution in [-0.4, -0.2) is 22.2 Å². The maximum atomic E-state index is 10.3. The predicted octanol–water partition coefficient (Wildman–Crippen LogP) is 0.493. The van der Waals surface area contributed by atoms with E-state index in [1.807, 2.05) is 0 Å². The second-order valence-electron chi connectivity index (χ2n) is 2.24. The third kappa shape index (κ3) is 1.72. The molecular weight excluding hydrogens is 160 g/mol. The molecule has 0 saturated heterocycles. The molecule has 0 aliphatic heterocycles. The number of aliphatic carboxylic acids is 2. The number of carbonyl (C=O) groups is 2. The highest BCUT2D eigenvalue weighted by molar-refractivity contribution is 5.93. The van der Waals surface area contributed by atoms with Gasteiger partial charge in [0.25, 0.3) is 0 Å². The molecule has 2 N–H and O–H groups in total. The lowest BCUT2D eigenvalue weighted by Gasteiger charge is -2.06. The van der Waals surface area contributed by atoms with Crippen molar-refractivity contribution in [3.63, 3.8) is 0 Å². The highest BCUT2D eigenvalue weighted by Gasteiger charge is 2.16. The molecule has 0 spiro atoms. The van der Waals surface area contributed by atoms with Crippen LogP contribution in [0.4, 0.5) is 0 Å². The minimum absolute atomic E-state index is 0.0139. The summed E-state index contributed by atoms with van der Waals surface area (Å²) in [4.78, 5) is 20.7. The number of allylic oxidation sites excluding steroid dienone is 2. The van der Waals surface area contributed by atoms with Crippen LogP contribution in [0.3, 0.4) is 0 Å².